The molecule has 19 heavy (non-hydrogen) atoms. The Balaban J connectivity index is 2.31. The number of nitrogen functional groups attached to an aromatic ring is 1. The smallest absolute Gasteiger partial charge is 0.276 e. The molecule has 0 saturated heterocycles. The Morgan fingerprint density at radius 1 is 1.32 bits per heavy atom. The fourth-order valence-corrected chi connectivity index (χ4v) is 2.08. The van der Waals surface area contributed by atoms with E-state index in [1.807, 2.05) is 32.0 Å². The van der Waals surface area contributed by atoms with Crippen molar-refractivity contribution >= 4 is 17.3 Å². The maximum atomic E-state index is 12.3. The van der Waals surface area contributed by atoms with Gasteiger partial charge in [-0.2, -0.15) is 5.10 Å². The van der Waals surface area contributed by atoms with Crippen LogP contribution in [0.2, 0.25) is 0 Å². The number of nitrogens with two attached hydrogens (primary N) is 1. The molecule has 0 atom stereocenters. The van der Waals surface area contributed by atoms with E-state index in [2.05, 4.69) is 10.4 Å². The van der Waals surface area contributed by atoms with Crippen LogP contribution in [-0.2, 0) is 7.05 Å². The average Bonchev–Trinajstić information content (AvgIpc) is 2.57. The molecule has 1 heterocycles. The highest BCUT2D eigenvalue weighted by molar-refractivity contribution is 6.07. The van der Waals surface area contributed by atoms with E-state index in [4.69, 9.17) is 5.73 Å². The molecule has 100 valence electrons. The maximum absolute atomic E-state index is 12.3. The summed E-state index contributed by atoms with van der Waals surface area (Å²) >= 11 is 0. The number of hydrogen-bond acceptors (Lipinski definition) is 3. The van der Waals surface area contributed by atoms with Gasteiger partial charge in [0.15, 0.2) is 0 Å². The fraction of sp³-hybridized carbons (Fsp3) is 0.286. The van der Waals surface area contributed by atoms with Crippen LogP contribution >= 0.6 is 0 Å². The van der Waals surface area contributed by atoms with Crippen molar-refractivity contribution in [2.24, 2.45) is 7.05 Å². The Morgan fingerprint density at radius 3 is 2.53 bits per heavy atom. The lowest BCUT2D eigenvalue weighted by Crippen LogP contribution is -2.18. The third-order valence-corrected chi connectivity index (χ3v) is 3.11. The van der Waals surface area contributed by atoms with Crippen LogP contribution in [-0.4, -0.2) is 15.7 Å². The molecular weight excluding hydrogens is 240 g/mol. The number of benzene rings is 1. The largest absolute Gasteiger partial charge is 0.395 e. The predicted octanol–water partition coefficient (Wildman–Crippen LogP) is 2.18. The van der Waals surface area contributed by atoms with Gasteiger partial charge in [0.2, 0.25) is 0 Å². The molecule has 0 bridgehead atoms. The van der Waals surface area contributed by atoms with Gasteiger partial charge in [0.05, 0.1) is 11.4 Å². The molecule has 5 heteroatoms. The van der Waals surface area contributed by atoms with Crippen molar-refractivity contribution < 1.29 is 4.79 Å². The summed E-state index contributed by atoms with van der Waals surface area (Å²) in [4.78, 5) is 12.3. The van der Waals surface area contributed by atoms with Crippen LogP contribution in [0.5, 0.6) is 0 Å². The summed E-state index contributed by atoms with van der Waals surface area (Å²) < 4.78 is 1.50. The zero-order chi connectivity index (χ0) is 14.2. The normalized spacial score (nSPS) is 10.5. The van der Waals surface area contributed by atoms with Crippen molar-refractivity contribution in [3.05, 3.63) is 40.7 Å². The van der Waals surface area contributed by atoms with E-state index in [1.165, 1.54) is 4.68 Å². The van der Waals surface area contributed by atoms with Gasteiger partial charge in [0.1, 0.15) is 5.69 Å². The molecule has 0 fully saturated rings. The summed E-state index contributed by atoms with van der Waals surface area (Å²) in [5.74, 6) is -0.243. The quantitative estimate of drug-likeness (QED) is 0.867. The molecule has 0 saturated carbocycles. The molecular formula is C14H18N4O. The van der Waals surface area contributed by atoms with E-state index < -0.39 is 0 Å². The van der Waals surface area contributed by atoms with E-state index in [0.717, 1.165) is 16.8 Å². The molecule has 5 nitrogen and oxygen atoms in total. The molecule has 2 rings (SSSR count). The van der Waals surface area contributed by atoms with E-state index in [-0.39, 0.29) is 5.91 Å². The first-order chi connectivity index (χ1) is 8.90. The summed E-state index contributed by atoms with van der Waals surface area (Å²) in [6.45, 7) is 5.75. The van der Waals surface area contributed by atoms with Crippen LogP contribution in [0.4, 0.5) is 11.4 Å². The molecule has 0 spiro atoms. The molecule has 0 radical (unpaired) electrons. The van der Waals surface area contributed by atoms with Crippen LogP contribution in [0.1, 0.15) is 27.3 Å². The standard InChI is InChI=1S/C14H18N4O/c1-8-5-6-11(9(2)7-8)16-14(19)13-12(15)10(3)17-18(13)4/h5-7H,15H2,1-4H3,(H,16,19). The van der Waals surface area contributed by atoms with E-state index in [0.29, 0.717) is 17.1 Å². The number of aryl methyl sites for hydroxylation is 4. The number of anilines is 2. The van der Waals surface area contributed by atoms with Crippen molar-refractivity contribution in [1.82, 2.24) is 9.78 Å². The Morgan fingerprint density at radius 2 is 2.00 bits per heavy atom. The first-order valence-electron chi connectivity index (χ1n) is 6.08. The van der Waals surface area contributed by atoms with Crippen molar-refractivity contribution in [3.8, 4) is 0 Å². The second-order valence-electron chi connectivity index (χ2n) is 4.74. The van der Waals surface area contributed by atoms with Gasteiger partial charge in [-0.3, -0.25) is 9.48 Å². The molecule has 0 aliphatic rings. The van der Waals surface area contributed by atoms with Gasteiger partial charge in [-0.05, 0) is 32.4 Å². The Bertz CT molecular complexity index is 643. The minimum atomic E-state index is -0.243. The molecule has 0 aliphatic carbocycles. The number of amides is 1. The molecule has 0 unspecified atom stereocenters. The fourth-order valence-electron chi connectivity index (χ4n) is 2.08. The second-order valence-corrected chi connectivity index (χ2v) is 4.74. The number of aromatic nitrogens is 2. The molecule has 2 aromatic rings. The SMILES string of the molecule is Cc1ccc(NC(=O)c2c(N)c(C)nn2C)c(C)c1. The van der Waals surface area contributed by atoms with Crippen LogP contribution < -0.4 is 11.1 Å². The lowest BCUT2D eigenvalue weighted by Gasteiger charge is -2.09. The third kappa shape index (κ3) is 2.45. The van der Waals surface area contributed by atoms with E-state index in [9.17, 15) is 4.79 Å². The van der Waals surface area contributed by atoms with Crippen LogP contribution in [0.25, 0.3) is 0 Å². The lowest BCUT2D eigenvalue weighted by molar-refractivity contribution is 0.101. The molecule has 1 aromatic carbocycles. The lowest BCUT2D eigenvalue weighted by atomic mass is 10.1. The van der Waals surface area contributed by atoms with Crippen molar-refractivity contribution in [2.45, 2.75) is 20.8 Å². The monoisotopic (exact) mass is 258 g/mol. The summed E-state index contributed by atoms with van der Waals surface area (Å²) in [6, 6.07) is 5.87. The Kier molecular flexibility index (Phi) is 3.29. The number of rotatable bonds is 2. The van der Waals surface area contributed by atoms with Crippen molar-refractivity contribution in [2.75, 3.05) is 11.1 Å². The predicted molar refractivity (Wildman–Crippen MR) is 76.2 cm³/mol. The zero-order valence-corrected chi connectivity index (χ0v) is 11.6. The Hall–Kier alpha value is -2.30. The van der Waals surface area contributed by atoms with E-state index in [1.54, 1.807) is 14.0 Å². The summed E-state index contributed by atoms with van der Waals surface area (Å²) in [5, 5.41) is 7.01. The van der Waals surface area contributed by atoms with Gasteiger partial charge in [0.25, 0.3) is 5.91 Å². The van der Waals surface area contributed by atoms with Gasteiger partial charge >= 0.3 is 0 Å². The Labute approximate surface area is 112 Å². The number of nitrogens with one attached hydrogen (secondary N) is 1. The van der Waals surface area contributed by atoms with Gasteiger partial charge in [-0.15, -0.1) is 0 Å². The minimum Gasteiger partial charge on any atom is -0.395 e. The zero-order valence-electron chi connectivity index (χ0n) is 11.6. The van der Waals surface area contributed by atoms with Gasteiger partial charge in [-0.1, -0.05) is 17.7 Å². The molecule has 1 aromatic heterocycles. The van der Waals surface area contributed by atoms with E-state index >= 15 is 0 Å². The molecule has 0 aliphatic heterocycles. The first kappa shape index (κ1) is 13.1. The number of carbonyl (C=O) groups is 1. The van der Waals surface area contributed by atoms with Crippen molar-refractivity contribution in [1.29, 1.82) is 0 Å². The van der Waals surface area contributed by atoms with Gasteiger partial charge in [-0.25, -0.2) is 0 Å². The van der Waals surface area contributed by atoms with Gasteiger partial charge in [0, 0.05) is 12.7 Å². The highest BCUT2D eigenvalue weighted by Crippen LogP contribution is 2.20. The summed E-state index contributed by atoms with van der Waals surface area (Å²) in [7, 11) is 1.71. The summed E-state index contributed by atoms with van der Waals surface area (Å²) in [5.41, 5.74) is 10.3. The topological polar surface area (TPSA) is 72.9 Å². The number of carbonyl (C=O) groups excluding carboxylic acids is 1. The highest BCUT2D eigenvalue weighted by atomic mass is 16.2. The summed E-state index contributed by atoms with van der Waals surface area (Å²) in [6.07, 6.45) is 0. The molecule has 3 N–H and O–H groups in total. The third-order valence-electron chi connectivity index (χ3n) is 3.11. The van der Waals surface area contributed by atoms with Crippen LogP contribution in [0, 0.1) is 20.8 Å². The first-order valence-corrected chi connectivity index (χ1v) is 6.08. The minimum absolute atomic E-state index is 0.243. The number of hydrogen-bond donors (Lipinski definition) is 2. The van der Waals surface area contributed by atoms with Crippen molar-refractivity contribution in [3.63, 3.8) is 0 Å². The van der Waals surface area contributed by atoms with Crippen LogP contribution in [0.3, 0.4) is 0 Å². The molecule has 1 amide bonds. The highest BCUT2D eigenvalue weighted by Gasteiger charge is 2.18. The van der Waals surface area contributed by atoms with Crippen LogP contribution in [0.15, 0.2) is 18.2 Å². The number of nitrogens with zero attached hydrogens (tertiary/aromatic N) is 2. The second kappa shape index (κ2) is 4.76. The van der Waals surface area contributed by atoms with Gasteiger partial charge < -0.3 is 11.1 Å². The maximum Gasteiger partial charge on any atom is 0.276 e. The average molecular weight is 258 g/mol.